The molecule has 116 valence electrons. The molecule has 0 aromatic carbocycles. The van der Waals surface area contributed by atoms with E-state index in [1.165, 1.54) is 4.68 Å². The molecule has 1 amide bonds. The van der Waals surface area contributed by atoms with Crippen LogP contribution < -0.4 is 10.8 Å². The third kappa shape index (κ3) is 3.29. The topological polar surface area (TPSA) is 65.4 Å². The van der Waals surface area contributed by atoms with Crippen LogP contribution in [-0.4, -0.2) is 40.7 Å². The molecule has 1 aromatic heterocycles. The first-order valence-corrected chi connectivity index (χ1v) is 7.45. The van der Waals surface area contributed by atoms with Gasteiger partial charge < -0.3 is 14.6 Å². The Morgan fingerprint density at radius 2 is 1.95 bits per heavy atom. The summed E-state index contributed by atoms with van der Waals surface area (Å²) in [6.07, 6.45) is 5.26. The number of nitrogens with one attached hydrogen (secondary N) is 1. The molecule has 0 spiro atoms. The van der Waals surface area contributed by atoms with Crippen LogP contribution in [-0.2, 0) is 9.31 Å². The molecule has 1 aromatic rings. The van der Waals surface area contributed by atoms with Gasteiger partial charge in [-0.05, 0) is 34.1 Å². The second-order valence-corrected chi connectivity index (χ2v) is 6.39. The van der Waals surface area contributed by atoms with Crippen LogP contribution in [0.25, 0.3) is 0 Å². The maximum absolute atomic E-state index is 11.9. The fourth-order valence-electron chi connectivity index (χ4n) is 2.00. The average molecular weight is 293 g/mol. The first-order valence-electron chi connectivity index (χ1n) is 7.45. The van der Waals surface area contributed by atoms with Crippen LogP contribution in [0, 0.1) is 0 Å². The summed E-state index contributed by atoms with van der Waals surface area (Å²) in [5.74, 6) is 0. The molecule has 1 aliphatic heterocycles. The number of amides is 1. The number of aromatic nitrogens is 2. The molecule has 0 saturated carbocycles. The van der Waals surface area contributed by atoms with E-state index < -0.39 is 18.3 Å². The van der Waals surface area contributed by atoms with Gasteiger partial charge in [0.15, 0.2) is 0 Å². The van der Waals surface area contributed by atoms with E-state index in [0.717, 1.165) is 18.3 Å². The van der Waals surface area contributed by atoms with E-state index in [2.05, 4.69) is 17.3 Å². The minimum Gasteiger partial charge on any atom is -0.399 e. The highest BCUT2D eigenvalue weighted by Gasteiger charge is 2.52. The largest absolute Gasteiger partial charge is 0.498 e. The second-order valence-electron chi connectivity index (χ2n) is 6.39. The smallest absolute Gasteiger partial charge is 0.399 e. The number of hydrogen-bond donors (Lipinski definition) is 1. The number of nitrogens with zero attached hydrogens (tertiary/aromatic N) is 2. The van der Waals surface area contributed by atoms with Gasteiger partial charge in [0.05, 0.1) is 11.2 Å². The molecule has 1 saturated heterocycles. The normalized spacial score (nSPS) is 19.8. The zero-order chi connectivity index (χ0) is 15.7. The molecule has 0 aliphatic carbocycles. The Kier molecular flexibility index (Phi) is 4.44. The second kappa shape index (κ2) is 5.81. The van der Waals surface area contributed by atoms with E-state index in [0.29, 0.717) is 6.54 Å². The summed E-state index contributed by atoms with van der Waals surface area (Å²) in [6.45, 7) is 10.7. The average Bonchev–Trinajstić information content (AvgIpc) is 2.93. The van der Waals surface area contributed by atoms with Crippen molar-refractivity contribution in [1.82, 2.24) is 15.1 Å². The van der Waals surface area contributed by atoms with Gasteiger partial charge in [0, 0.05) is 24.4 Å². The molecule has 0 bridgehead atoms. The van der Waals surface area contributed by atoms with E-state index in [-0.39, 0.29) is 6.03 Å². The highest BCUT2D eigenvalue weighted by atomic mass is 16.7. The van der Waals surface area contributed by atoms with Crippen molar-refractivity contribution in [3.8, 4) is 0 Å². The fourth-order valence-corrected chi connectivity index (χ4v) is 2.00. The lowest BCUT2D eigenvalue weighted by Crippen LogP contribution is -2.41. The number of rotatable bonds is 4. The summed E-state index contributed by atoms with van der Waals surface area (Å²) in [6, 6.07) is -0.230. The molecule has 6 nitrogen and oxygen atoms in total. The lowest BCUT2D eigenvalue weighted by molar-refractivity contribution is 0.00578. The van der Waals surface area contributed by atoms with Gasteiger partial charge in [0.25, 0.3) is 0 Å². The molecule has 0 unspecified atom stereocenters. The fraction of sp³-hybridized carbons (Fsp3) is 0.714. The SMILES string of the molecule is CCCCNC(=O)n1cc(B2OC(C)(C)C(C)(C)O2)cn1. The van der Waals surface area contributed by atoms with Crippen molar-refractivity contribution in [3.63, 3.8) is 0 Å². The van der Waals surface area contributed by atoms with Crippen molar-refractivity contribution in [2.75, 3.05) is 6.54 Å². The lowest BCUT2D eigenvalue weighted by Gasteiger charge is -2.32. The summed E-state index contributed by atoms with van der Waals surface area (Å²) < 4.78 is 13.2. The molecule has 21 heavy (non-hydrogen) atoms. The zero-order valence-electron chi connectivity index (χ0n) is 13.5. The van der Waals surface area contributed by atoms with E-state index in [1.807, 2.05) is 27.7 Å². The van der Waals surface area contributed by atoms with Crippen molar-refractivity contribution in [2.45, 2.75) is 58.7 Å². The van der Waals surface area contributed by atoms with Crippen LogP contribution in [0.3, 0.4) is 0 Å². The molecule has 1 aliphatic rings. The first-order chi connectivity index (χ1) is 9.77. The number of hydrogen-bond acceptors (Lipinski definition) is 4. The molecular formula is C14H24BN3O3. The van der Waals surface area contributed by atoms with Crippen LogP contribution in [0.1, 0.15) is 47.5 Å². The van der Waals surface area contributed by atoms with E-state index >= 15 is 0 Å². The minimum absolute atomic E-state index is 0.230. The lowest BCUT2D eigenvalue weighted by atomic mass is 9.82. The molecule has 7 heteroatoms. The van der Waals surface area contributed by atoms with E-state index in [1.54, 1.807) is 12.4 Å². The Bertz CT molecular complexity index is 497. The first kappa shape index (κ1) is 16.0. The monoisotopic (exact) mass is 293 g/mol. The molecular weight excluding hydrogens is 269 g/mol. The minimum atomic E-state index is -0.493. The van der Waals surface area contributed by atoms with Crippen molar-refractivity contribution in [1.29, 1.82) is 0 Å². The standard InChI is InChI=1S/C14H24BN3O3/c1-6-7-8-16-12(19)18-10-11(9-17-18)15-20-13(2,3)14(4,5)21-15/h9-10H,6-8H2,1-5H3,(H,16,19). The van der Waals surface area contributed by atoms with Gasteiger partial charge in [0.1, 0.15) is 0 Å². The van der Waals surface area contributed by atoms with Crippen LogP contribution in [0.2, 0.25) is 0 Å². The number of carbonyl (C=O) groups excluding carboxylic acids is 1. The Morgan fingerprint density at radius 1 is 1.33 bits per heavy atom. The highest BCUT2D eigenvalue weighted by molar-refractivity contribution is 6.62. The van der Waals surface area contributed by atoms with Gasteiger partial charge in [0.2, 0.25) is 0 Å². The Morgan fingerprint density at radius 3 is 2.52 bits per heavy atom. The van der Waals surface area contributed by atoms with Gasteiger partial charge in [-0.25, -0.2) is 4.79 Å². The predicted molar refractivity (Wildman–Crippen MR) is 81.6 cm³/mol. The number of carbonyl (C=O) groups is 1. The zero-order valence-corrected chi connectivity index (χ0v) is 13.5. The maximum atomic E-state index is 11.9. The van der Waals surface area contributed by atoms with E-state index in [9.17, 15) is 4.79 Å². The quantitative estimate of drug-likeness (QED) is 0.675. The van der Waals surface area contributed by atoms with Crippen LogP contribution in [0.4, 0.5) is 4.79 Å². The molecule has 2 heterocycles. The van der Waals surface area contributed by atoms with Gasteiger partial charge >= 0.3 is 13.1 Å². The Balaban J connectivity index is 2.03. The van der Waals surface area contributed by atoms with Gasteiger partial charge in [-0.3, -0.25) is 0 Å². The third-order valence-corrected chi connectivity index (χ3v) is 4.14. The van der Waals surface area contributed by atoms with Crippen LogP contribution in [0.5, 0.6) is 0 Å². The summed E-state index contributed by atoms with van der Waals surface area (Å²) in [5.41, 5.74) is -0.0500. The van der Waals surface area contributed by atoms with Crippen LogP contribution >= 0.6 is 0 Å². The van der Waals surface area contributed by atoms with Gasteiger partial charge in [-0.1, -0.05) is 13.3 Å². The molecule has 0 radical (unpaired) electrons. The Labute approximate surface area is 126 Å². The van der Waals surface area contributed by atoms with Gasteiger partial charge in [-0.15, -0.1) is 0 Å². The summed E-state index contributed by atoms with van der Waals surface area (Å²) in [4.78, 5) is 11.9. The van der Waals surface area contributed by atoms with E-state index in [4.69, 9.17) is 9.31 Å². The van der Waals surface area contributed by atoms with Crippen molar-refractivity contribution in [2.24, 2.45) is 0 Å². The van der Waals surface area contributed by atoms with Crippen molar-refractivity contribution < 1.29 is 14.1 Å². The van der Waals surface area contributed by atoms with Crippen molar-refractivity contribution in [3.05, 3.63) is 12.4 Å². The summed E-state index contributed by atoms with van der Waals surface area (Å²) >= 11 is 0. The Hall–Kier alpha value is -1.34. The predicted octanol–water partition coefficient (Wildman–Crippen LogP) is 1.54. The molecule has 1 N–H and O–H groups in total. The molecule has 0 atom stereocenters. The highest BCUT2D eigenvalue weighted by Crippen LogP contribution is 2.36. The summed E-state index contributed by atoms with van der Waals surface area (Å²) in [5, 5.41) is 6.90. The third-order valence-electron chi connectivity index (χ3n) is 4.14. The number of unbranched alkanes of at least 4 members (excludes halogenated alkanes) is 1. The maximum Gasteiger partial charge on any atom is 0.498 e. The van der Waals surface area contributed by atoms with Gasteiger partial charge in [-0.2, -0.15) is 9.78 Å². The van der Waals surface area contributed by atoms with Crippen molar-refractivity contribution >= 4 is 18.6 Å². The molecule has 1 fully saturated rings. The van der Waals surface area contributed by atoms with Crippen LogP contribution in [0.15, 0.2) is 12.4 Å². The molecule has 2 rings (SSSR count). The summed E-state index contributed by atoms with van der Waals surface area (Å²) in [7, 11) is -0.493.